The molecule has 1 atom stereocenters. The number of aromatic nitrogens is 2. The third-order valence-corrected chi connectivity index (χ3v) is 4.00. The molecule has 0 amide bonds. The molecule has 0 bridgehead atoms. The molecule has 0 saturated carbocycles. The fourth-order valence-electron chi connectivity index (χ4n) is 2.92. The van der Waals surface area contributed by atoms with Gasteiger partial charge >= 0.3 is 11.7 Å². The molecule has 0 spiro atoms. The lowest BCUT2D eigenvalue weighted by Gasteiger charge is -2.17. The van der Waals surface area contributed by atoms with Crippen LogP contribution in [0, 0.1) is 19.1 Å². The largest absolute Gasteiger partial charge is 0.618 e. The second-order valence-corrected chi connectivity index (χ2v) is 5.87. The molecule has 0 aliphatic rings. The van der Waals surface area contributed by atoms with Gasteiger partial charge in [-0.3, -0.25) is 4.79 Å². The van der Waals surface area contributed by atoms with Gasteiger partial charge in [-0.05, 0) is 32.9 Å². The van der Waals surface area contributed by atoms with Gasteiger partial charge in [-0.2, -0.15) is 4.73 Å². The molecule has 0 aliphatic heterocycles. The van der Waals surface area contributed by atoms with Crippen LogP contribution in [0.1, 0.15) is 45.2 Å². The number of hydrogen-bond donors (Lipinski definition) is 0. The van der Waals surface area contributed by atoms with Crippen molar-refractivity contribution in [1.29, 1.82) is 0 Å². The third kappa shape index (κ3) is 4.06. The van der Waals surface area contributed by atoms with E-state index >= 15 is 0 Å². The van der Waals surface area contributed by atoms with Crippen molar-refractivity contribution >= 4 is 11.8 Å². The summed E-state index contributed by atoms with van der Waals surface area (Å²) in [4.78, 5) is 24.4. The van der Waals surface area contributed by atoms with E-state index in [0.717, 1.165) is 11.4 Å². The Morgan fingerprint density at radius 1 is 1.32 bits per heavy atom. The highest BCUT2D eigenvalue weighted by Gasteiger charge is 2.22. The molecule has 0 unspecified atom stereocenters. The molecule has 0 N–H and O–H groups in total. The Balaban J connectivity index is 2.10. The standard InChI is InChI=1S/C18H22N2O5/c1-12-9-15(14(3)20(12)13(2)10-24-4)17(21)11-25-18(22)16-7-5-6-8-19(16)23/h5-9,13H,10-11H2,1-4H3/t13-/m1/s1. The summed E-state index contributed by atoms with van der Waals surface area (Å²) in [5.74, 6) is -1.14. The van der Waals surface area contributed by atoms with Crippen molar-refractivity contribution in [3.05, 3.63) is 58.3 Å². The van der Waals surface area contributed by atoms with Gasteiger partial charge in [0.25, 0.3) is 0 Å². The van der Waals surface area contributed by atoms with E-state index in [2.05, 4.69) is 0 Å². The fraction of sp³-hybridized carbons (Fsp3) is 0.389. The van der Waals surface area contributed by atoms with E-state index < -0.39 is 12.6 Å². The number of carbonyl (C=O) groups excluding carboxylic acids is 2. The van der Waals surface area contributed by atoms with Crippen molar-refractivity contribution in [2.24, 2.45) is 0 Å². The molecule has 7 heteroatoms. The Bertz CT molecular complexity index is 782. The molecule has 0 radical (unpaired) electrons. The molecule has 0 aromatic carbocycles. The summed E-state index contributed by atoms with van der Waals surface area (Å²) in [5, 5.41) is 11.5. The van der Waals surface area contributed by atoms with Gasteiger partial charge in [-0.25, -0.2) is 4.79 Å². The van der Waals surface area contributed by atoms with Crippen LogP contribution in [0.5, 0.6) is 0 Å². The maximum absolute atomic E-state index is 12.4. The average molecular weight is 346 g/mol. The average Bonchev–Trinajstić information content (AvgIpc) is 2.87. The van der Waals surface area contributed by atoms with Gasteiger partial charge in [0.1, 0.15) is 0 Å². The molecule has 2 heterocycles. The minimum Gasteiger partial charge on any atom is -0.618 e. The summed E-state index contributed by atoms with van der Waals surface area (Å²) in [5.41, 5.74) is 2.06. The predicted octanol–water partition coefficient (Wildman–Crippen LogP) is 1.99. The van der Waals surface area contributed by atoms with Crippen LogP contribution in [0.3, 0.4) is 0 Å². The number of ketones is 1. The lowest BCUT2D eigenvalue weighted by atomic mass is 10.1. The molecule has 7 nitrogen and oxygen atoms in total. The normalized spacial score (nSPS) is 12.0. The molecule has 134 valence electrons. The third-order valence-electron chi connectivity index (χ3n) is 4.00. The number of nitrogens with zero attached hydrogens (tertiary/aromatic N) is 2. The lowest BCUT2D eigenvalue weighted by Crippen LogP contribution is -2.35. The van der Waals surface area contributed by atoms with Crippen molar-refractivity contribution in [3.63, 3.8) is 0 Å². The Hall–Kier alpha value is -2.67. The van der Waals surface area contributed by atoms with Gasteiger partial charge in [0.2, 0.25) is 5.78 Å². The molecule has 2 rings (SSSR count). The zero-order chi connectivity index (χ0) is 18.6. The number of carbonyl (C=O) groups is 2. The van der Waals surface area contributed by atoms with Crippen molar-refractivity contribution in [2.45, 2.75) is 26.8 Å². The molecule has 0 saturated heterocycles. The highest BCUT2D eigenvalue weighted by atomic mass is 16.5. The minimum absolute atomic E-state index is 0.0813. The van der Waals surface area contributed by atoms with Crippen LogP contribution in [0.4, 0.5) is 0 Å². The predicted molar refractivity (Wildman–Crippen MR) is 90.5 cm³/mol. The first kappa shape index (κ1) is 18.7. The van der Waals surface area contributed by atoms with E-state index in [9.17, 15) is 14.8 Å². The number of esters is 1. The summed E-state index contributed by atoms with van der Waals surface area (Å²) < 4.78 is 12.6. The van der Waals surface area contributed by atoms with E-state index in [1.807, 2.05) is 25.3 Å². The Morgan fingerprint density at radius 3 is 2.68 bits per heavy atom. The van der Waals surface area contributed by atoms with Crippen LogP contribution in [-0.2, 0) is 9.47 Å². The molecule has 2 aromatic heterocycles. The van der Waals surface area contributed by atoms with Crippen LogP contribution in [0.2, 0.25) is 0 Å². The van der Waals surface area contributed by atoms with E-state index in [4.69, 9.17) is 9.47 Å². The van der Waals surface area contributed by atoms with Crippen molar-refractivity contribution in [1.82, 2.24) is 4.57 Å². The monoisotopic (exact) mass is 346 g/mol. The van der Waals surface area contributed by atoms with Gasteiger partial charge in [0.15, 0.2) is 12.8 Å². The van der Waals surface area contributed by atoms with Gasteiger partial charge in [0.05, 0.1) is 12.6 Å². The molecule has 25 heavy (non-hydrogen) atoms. The first-order valence-electron chi connectivity index (χ1n) is 7.92. The number of aryl methyl sites for hydroxylation is 1. The van der Waals surface area contributed by atoms with E-state index in [1.54, 1.807) is 19.2 Å². The van der Waals surface area contributed by atoms with Crippen molar-refractivity contribution < 1.29 is 23.8 Å². The second kappa shape index (κ2) is 7.94. The van der Waals surface area contributed by atoms with Gasteiger partial charge in [-0.1, -0.05) is 0 Å². The number of pyridine rings is 1. The van der Waals surface area contributed by atoms with E-state index in [-0.39, 0.29) is 17.5 Å². The topological polar surface area (TPSA) is 84.5 Å². The fourth-order valence-corrected chi connectivity index (χ4v) is 2.92. The number of methoxy groups -OCH3 is 1. The number of rotatable bonds is 7. The highest BCUT2D eigenvalue weighted by Crippen LogP contribution is 2.21. The molecular weight excluding hydrogens is 324 g/mol. The summed E-state index contributed by atoms with van der Waals surface area (Å²) >= 11 is 0. The van der Waals surface area contributed by atoms with Crippen LogP contribution in [0.15, 0.2) is 30.5 Å². The van der Waals surface area contributed by atoms with Crippen molar-refractivity contribution in [2.75, 3.05) is 20.3 Å². The van der Waals surface area contributed by atoms with Gasteiger partial charge in [0, 0.05) is 36.2 Å². The Kier molecular flexibility index (Phi) is 5.93. The zero-order valence-corrected chi connectivity index (χ0v) is 14.8. The first-order valence-corrected chi connectivity index (χ1v) is 7.92. The van der Waals surface area contributed by atoms with Crippen LogP contribution < -0.4 is 4.73 Å². The first-order chi connectivity index (χ1) is 11.9. The highest BCUT2D eigenvalue weighted by molar-refractivity contribution is 6.00. The summed E-state index contributed by atoms with van der Waals surface area (Å²) in [6.45, 7) is 5.86. The number of ether oxygens (including phenoxy) is 2. The summed E-state index contributed by atoms with van der Waals surface area (Å²) in [6, 6.07) is 6.26. The molecular formula is C18H22N2O5. The quantitative estimate of drug-likeness (QED) is 0.331. The molecule has 0 aliphatic carbocycles. The minimum atomic E-state index is -0.828. The summed E-state index contributed by atoms with van der Waals surface area (Å²) in [7, 11) is 1.63. The van der Waals surface area contributed by atoms with E-state index in [1.165, 1.54) is 18.3 Å². The molecule has 2 aromatic rings. The molecule has 0 fully saturated rings. The zero-order valence-electron chi connectivity index (χ0n) is 14.8. The Labute approximate surface area is 146 Å². The SMILES string of the molecule is COC[C@@H](C)n1c(C)cc(C(=O)COC(=O)c2cccc[n+]2[O-])c1C. The summed E-state index contributed by atoms with van der Waals surface area (Å²) in [6.07, 6.45) is 1.20. The van der Waals surface area contributed by atoms with Gasteiger partial charge < -0.3 is 19.2 Å². The lowest BCUT2D eigenvalue weighted by molar-refractivity contribution is -0.608. The number of Topliss-reactive ketones (excluding diaryl/α,β-unsaturated/α-hetero) is 1. The Morgan fingerprint density at radius 2 is 2.04 bits per heavy atom. The van der Waals surface area contributed by atoms with Crippen LogP contribution in [0.25, 0.3) is 0 Å². The maximum atomic E-state index is 12.4. The van der Waals surface area contributed by atoms with Gasteiger partial charge in [-0.15, -0.1) is 0 Å². The smallest absolute Gasteiger partial charge is 0.405 e. The van der Waals surface area contributed by atoms with Crippen molar-refractivity contribution in [3.8, 4) is 0 Å². The number of hydrogen-bond acceptors (Lipinski definition) is 5. The van der Waals surface area contributed by atoms with Crippen LogP contribution >= 0.6 is 0 Å². The second-order valence-electron chi connectivity index (χ2n) is 5.87. The van der Waals surface area contributed by atoms with Crippen LogP contribution in [-0.4, -0.2) is 36.6 Å². The maximum Gasteiger partial charge on any atom is 0.405 e. The van der Waals surface area contributed by atoms with E-state index in [0.29, 0.717) is 16.9 Å².